The van der Waals surface area contributed by atoms with Gasteiger partial charge in [-0.15, -0.1) is 0 Å². The topological polar surface area (TPSA) is 32.3 Å². The number of carbonyl (C=O) groups excluding carboxylic acids is 1. The average molecular weight is 194 g/mol. The minimum absolute atomic E-state index is 0.384. The van der Waals surface area contributed by atoms with E-state index in [1.54, 1.807) is 0 Å². The molecule has 3 heteroatoms. The van der Waals surface area contributed by atoms with E-state index in [1.165, 1.54) is 12.8 Å². The lowest BCUT2D eigenvalue weighted by Gasteiger charge is -2.32. The normalized spacial score (nSPS) is 37.0. The first-order chi connectivity index (χ1) is 6.86. The Morgan fingerprint density at radius 3 is 2.79 bits per heavy atom. The molecule has 0 aromatic heterocycles. The molecule has 1 saturated carbocycles. The fourth-order valence-electron chi connectivity index (χ4n) is 3.01. The second-order valence-corrected chi connectivity index (χ2v) is 4.93. The van der Waals surface area contributed by atoms with Crippen molar-refractivity contribution in [3.8, 4) is 0 Å². The van der Waals surface area contributed by atoms with Gasteiger partial charge in [0, 0.05) is 31.6 Å². The van der Waals surface area contributed by atoms with Crippen LogP contribution in [0.3, 0.4) is 0 Å². The number of carbonyl (C=O) groups is 1. The molecule has 0 bridgehead atoms. The van der Waals surface area contributed by atoms with Gasteiger partial charge < -0.3 is 10.2 Å². The van der Waals surface area contributed by atoms with Crippen LogP contribution in [0.25, 0.3) is 0 Å². The number of nitrogens with zero attached hydrogens (tertiary/aromatic N) is 1. The van der Waals surface area contributed by atoms with Gasteiger partial charge in [0.1, 0.15) is 0 Å². The van der Waals surface area contributed by atoms with Crippen LogP contribution < -0.4 is 5.32 Å². The summed E-state index contributed by atoms with van der Waals surface area (Å²) in [6.45, 7) is 3.18. The molecule has 1 aliphatic carbocycles. The van der Waals surface area contributed by atoms with Crippen LogP contribution >= 0.6 is 0 Å². The Kier molecular flexibility index (Phi) is 2.01. The molecule has 3 rings (SSSR count). The second kappa shape index (κ2) is 3.23. The van der Waals surface area contributed by atoms with Crippen LogP contribution in [0.1, 0.15) is 25.7 Å². The summed E-state index contributed by atoms with van der Waals surface area (Å²) in [4.78, 5) is 14.2. The lowest BCUT2D eigenvalue weighted by Crippen LogP contribution is -2.44. The molecule has 3 aliphatic rings. The van der Waals surface area contributed by atoms with Crippen LogP contribution in [-0.2, 0) is 4.79 Å². The SMILES string of the molecule is O=C(C1CCC1)N1CC[C@H]2CNC[C@H]21. The molecule has 2 aliphatic heterocycles. The van der Waals surface area contributed by atoms with Crippen molar-refractivity contribution >= 4 is 5.91 Å². The van der Waals surface area contributed by atoms with Gasteiger partial charge in [-0.1, -0.05) is 6.42 Å². The lowest BCUT2D eigenvalue weighted by atomic mass is 9.84. The zero-order valence-electron chi connectivity index (χ0n) is 8.54. The summed E-state index contributed by atoms with van der Waals surface area (Å²) >= 11 is 0. The molecule has 0 radical (unpaired) electrons. The van der Waals surface area contributed by atoms with E-state index in [2.05, 4.69) is 10.2 Å². The highest BCUT2D eigenvalue weighted by Gasteiger charge is 2.42. The molecule has 2 heterocycles. The van der Waals surface area contributed by atoms with Gasteiger partial charge in [-0.2, -0.15) is 0 Å². The maximum Gasteiger partial charge on any atom is 0.225 e. The number of hydrogen-bond donors (Lipinski definition) is 1. The molecule has 2 atom stereocenters. The van der Waals surface area contributed by atoms with Gasteiger partial charge >= 0.3 is 0 Å². The Balaban J connectivity index is 1.69. The summed E-state index contributed by atoms with van der Waals surface area (Å²) in [7, 11) is 0. The quantitative estimate of drug-likeness (QED) is 0.663. The maximum absolute atomic E-state index is 12.1. The van der Waals surface area contributed by atoms with E-state index in [0.29, 0.717) is 17.9 Å². The average Bonchev–Trinajstić information content (AvgIpc) is 2.57. The third-order valence-electron chi connectivity index (χ3n) is 4.18. The predicted molar refractivity (Wildman–Crippen MR) is 53.8 cm³/mol. The van der Waals surface area contributed by atoms with Crippen LogP contribution in [0.5, 0.6) is 0 Å². The van der Waals surface area contributed by atoms with Crippen LogP contribution in [0.15, 0.2) is 0 Å². The van der Waals surface area contributed by atoms with Gasteiger partial charge in [0.25, 0.3) is 0 Å². The molecule has 0 aromatic carbocycles. The number of amides is 1. The Morgan fingerprint density at radius 1 is 1.21 bits per heavy atom. The highest BCUT2D eigenvalue weighted by Crippen LogP contribution is 2.33. The van der Waals surface area contributed by atoms with Crippen molar-refractivity contribution in [2.24, 2.45) is 11.8 Å². The summed E-state index contributed by atoms with van der Waals surface area (Å²) in [5, 5.41) is 3.39. The summed E-state index contributed by atoms with van der Waals surface area (Å²) < 4.78 is 0. The van der Waals surface area contributed by atoms with Crippen molar-refractivity contribution in [2.45, 2.75) is 31.7 Å². The van der Waals surface area contributed by atoms with Crippen LogP contribution in [0.2, 0.25) is 0 Å². The molecule has 2 saturated heterocycles. The van der Waals surface area contributed by atoms with E-state index in [0.717, 1.165) is 38.4 Å². The first kappa shape index (κ1) is 8.72. The molecule has 3 nitrogen and oxygen atoms in total. The number of likely N-dealkylation sites (tertiary alicyclic amines) is 1. The zero-order valence-corrected chi connectivity index (χ0v) is 8.54. The number of fused-ring (bicyclic) bond motifs is 1. The first-order valence-electron chi connectivity index (χ1n) is 5.87. The maximum atomic E-state index is 12.1. The Bertz CT molecular complexity index is 250. The Labute approximate surface area is 84.8 Å². The molecular formula is C11H18N2O. The van der Waals surface area contributed by atoms with E-state index < -0.39 is 0 Å². The van der Waals surface area contributed by atoms with Gasteiger partial charge in [-0.25, -0.2) is 0 Å². The van der Waals surface area contributed by atoms with Gasteiger partial charge in [0.05, 0.1) is 0 Å². The largest absolute Gasteiger partial charge is 0.338 e. The summed E-state index contributed by atoms with van der Waals surface area (Å²) in [6, 6.07) is 0.531. The first-order valence-corrected chi connectivity index (χ1v) is 5.87. The standard InChI is InChI=1S/C11H18N2O/c14-11(8-2-1-3-8)13-5-4-9-6-12-7-10(9)13/h8-10,12H,1-7H2/t9-,10+/m0/s1. The highest BCUT2D eigenvalue weighted by atomic mass is 16.2. The van der Waals surface area contributed by atoms with E-state index in [4.69, 9.17) is 0 Å². The minimum atomic E-state index is 0.384. The zero-order chi connectivity index (χ0) is 9.54. The molecule has 0 aromatic rings. The molecule has 14 heavy (non-hydrogen) atoms. The van der Waals surface area contributed by atoms with Crippen molar-refractivity contribution in [3.63, 3.8) is 0 Å². The van der Waals surface area contributed by atoms with Gasteiger partial charge in [0.15, 0.2) is 0 Å². The third-order valence-corrected chi connectivity index (χ3v) is 4.18. The predicted octanol–water partition coefficient (Wildman–Crippen LogP) is 0.607. The van der Waals surface area contributed by atoms with Crippen molar-refractivity contribution in [1.29, 1.82) is 0 Å². The number of hydrogen-bond acceptors (Lipinski definition) is 2. The summed E-state index contributed by atoms with van der Waals surface area (Å²) in [6.07, 6.45) is 4.76. The fourth-order valence-corrected chi connectivity index (χ4v) is 3.01. The Hall–Kier alpha value is -0.570. The fraction of sp³-hybridized carbons (Fsp3) is 0.909. The van der Waals surface area contributed by atoms with E-state index in [-0.39, 0.29) is 0 Å². The van der Waals surface area contributed by atoms with E-state index in [1.807, 2.05) is 0 Å². The summed E-state index contributed by atoms with van der Waals surface area (Å²) in [5.41, 5.74) is 0. The van der Waals surface area contributed by atoms with Crippen molar-refractivity contribution in [3.05, 3.63) is 0 Å². The Morgan fingerprint density at radius 2 is 2.07 bits per heavy atom. The molecular weight excluding hydrogens is 176 g/mol. The molecule has 0 unspecified atom stereocenters. The van der Waals surface area contributed by atoms with Crippen molar-refractivity contribution in [2.75, 3.05) is 19.6 Å². The number of rotatable bonds is 1. The monoisotopic (exact) mass is 194 g/mol. The van der Waals surface area contributed by atoms with Crippen LogP contribution in [0.4, 0.5) is 0 Å². The second-order valence-electron chi connectivity index (χ2n) is 4.93. The summed E-state index contributed by atoms with van der Waals surface area (Å²) in [5.74, 6) is 1.58. The lowest BCUT2D eigenvalue weighted by molar-refractivity contribution is -0.138. The van der Waals surface area contributed by atoms with E-state index in [9.17, 15) is 4.79 Å². The van der Waals surface area contributed by atoms with Gasteiger partial charge in [-0.3, -0.25) is 4.79 Å². The van der Waals surface area contributed by atoms with Crippen LogP contribution in [-0.4, -0.2) is 36.5 Å². The van der Waals surface area contributed by atoms with E-state index >= 15 is 0 Å². The molecule has 0 spiro atoms. The molecule has 3 fully saturated rings. The van der Waals surface area contributed by atoms with Crippen LogP contribution in [0, 0.1) is 11.8 Å². The molecule has 78 valence electrons. The number of nitrogens with one attached hydrogen (secondary N) is 1. The highest BCUT2D eigenvalue weighted by molar-refractivity contribution is 5.80. The third kappa shape index (κ3) is 1.18. The van der Waals surface area contributed by atoms with Gasteiger partial charge in [0.2, 0.25) is 5.91 Å². The molecule has 1 N–H and O–H groups in total. The van der Waals surface area contributed by atoms with Crippen molar-refractivity contribution in [1.82, 2.24) is 10.2 Å². The minimum Gasteiger partial charge on any atom is -0.338 e. The smallest absolute Gasteiger partial charge is 0.225 e. The van der Waals surface area contributed by atoms with Crippen molar-refractivity contribution < 1.29 is 4.79 Å². The molecule has 1 amide bonds. The van der Waals surface area contributed by atoms with Gasteiger partial charge in [-0.05, 0) is 25.2 Å².